The van der Waals surface area contributed by atoms with Crippen molar-refractivity contribution in [1.82, 2.24) is 0 Å². The minimum atomic E-state index is -1.52. The fourth-order valence-electron chi connectivity index (χ4n) is 7.31. The van der Waals surface area contributed by atoms with Gasteiger partial charge in [-0.3, -0.25) is 20.2 Å². The molecule has 0 saturated heterocycles. The summed E-state index contributed by atoms with van der Waals surface area (Å²) in [6.07, 6.45) is 8.85. The minimum Gasteiger partial charge on any atom is -0.379 e. The highest BCUT2D eigenvalue weighted by atomic mass is 16.8. The lowest BCUT2D eigenvalue weighted by molar-refractivity contribution is -0.414. The van der Waals surface area contributed by atoms with Crippen molar-refractivity contribution in [1.29, 1.82) is 0 Å². The van der Waals surface area contributed by atoms with Crippen molar-refractivity contribution >= 4 is 11.4 Å². The summed E-state index contributed by atoms with van der Waals surface area (Å²) in [7, 11) is 0. The van der Waals surface area contributed by atoms with Gasteiger partial charge in [0.25, 0.3) is 11.4 Å². The van der Waals surface area contributed by atoms with Crippen LogP contribution in [0.1, 0.15) is 89.2 Å². The van der Waals surface area contributed by atoms with E-state index in [0.717, 1.165) is 64.2 Å². The highest BCUT2D eigenvalue weighted by Crippen LogP contribution is 2.53. The number of hydrogen-bond donors (Lipinski definition) is 0. The van der Waals surface area contributed by atoms with Crippen molar-refractivity contribution in [2.75, 3.05) is 66.1 Å². The lowest BCUT2D eigenvalue weighted by atomic mass is 9.77. The molecule has 2 aromatic rings. The summed E-state index contributed by atoms with van der Waals surface area (Å²) in [6, 6.07) is 12.9. The van der Waals surface area contributed by atoms with Gasteiger partial charge in [-0.05, 0) is 39.5 Å². The molecule has 2 unspecified atom stereocenters. The van der Waals surface area contributed by atoms with E-state index in [1.165, 1.54) is 24.3 Å². The van der Waals surface area contributed by atoms with Gasteiger partial charge in [-0.1, -0.05) is 62.8 Å². The summed E-state index contributed by atoms with van der Waals surface area (Å²) in [6.45, 7) is 7.42. The van der Waals surface area contributed by atoms with Crippen molar-refractivity contribution < 1.29 is 43.0 Å². The van der Waals surface area contributed by atoms with E-state index in [-0.39, 0.29) is 49.6 Å². The first-order valence-corrected chi connectivity index (χ1v) is 18.6. The molecule has 0 radical (unpaired) electrons. The van der Waals surface area contributed by atoms with Gasteiger partial charge in [0.2, 0.25) is 11.6 Å². The molecule has 2 aromatic carbocycles. The Balaban J connectivity index is 1.86. The van der Waals surface area contributed by atoms with Crippen LogP contribution in [0.25, 0.3) is 0 Å². The third-order valence-corrected chi connectivity index (χ3v) is 9.75. The maximum absolute atomic E-state index is 12.1. The van der Waals surface area contributed by atoms with Gasteiger partial charge in [0.1, 0.15) is 0 Å². The average molecular weight is 717 g/mol. The molecule has 51 heavy (non-hydrogen) atoms. The van der Waals surface area contributed by atoms with E-state index < -0.39 is 21.4 Å². The van der Waals surface area contributed by atoms with Crippen LogP contribution in [0.4, 0.5) is 11.4 Å². The van der Waals surface area contributed by atoms with Crippen molar-refractivity contribution in [2.45, 2.75) is 89.6 Å². The number of non-ortho nitro benzene ring substituents is 2. The highest BCUT2D eigenvalue weighted by molar-refractivity contribution is 5.39. The van der Waals surface area contributed by atoms with Gasteiger partial charge >= 0.3 is 0 Å². The third kappa shape index (κ3) is 11.5. The van der Waals surface area contributed by atoms with Crippen LogP contribution < -0.4 is 0 Å². The number of nitro benzene ring substituents is 2. The molecule has 4 rings (SSSR count). The second kappa shape index (κ2) is 21.5. The van der Waals surface area contributed by atoms with Crippen LogP contribution in [-0.4, -0.2) is 75.9 Å². The summed E-state index contributed by atoms with van der Waals surface area (Å²) >= 11 is 0. The van der Waals surface area contributed by atoms with Crippen LogP contribution in [0.2, 0.25) is 0 Å². The minimum absolute atomic E-state index is 0.0879. The summed E-state index contributed by atoms with van der Waals surface area (Å²) < 4.78 is 44.0. The fraction of sp³-hybridized carbons (Fsp3) is 0.684. The summed E-state index contributed by atoms with van der Waals surface area (Å²) in [5.74, 6) is -3.45. The molecule has 0 bridgehead atoms. The molecule has 0 heterocycles. The normalized spacial score (nSPS) is 18.2. The Hall–Kier alpha value is -3.04. The highest BCUT2D eigenvalue weighted by Gasteiger charge is 2.54. The van der Waals surface area contributed by atoms with Crippen LogP contribution in [0, 0.1) is 32.1 Å². The molecule has 0 aromatic heterocycles. The molecular weight excluding hydrogens is 660 g/mol. The lowest BCUT2D eigenvalue weighted by Crippen LogP contribution is -2.53. The van der Waals surface area contributed by atoms with Gasteiger partial charge in [0.15, 0.2) is 0 Å². The summed E-state index contributed by atoms with van der Waals surface area (Å²) in [5.41, 5.74) is 0.824. The van der Waals surface area contributed by atoms with Gasteiger partial charge in [-0.25, -0.2) is 0 Å². The second-order valence-electron chi connectivity index (χ2n) is 13.0. The molecule has 2 aliphatic rings. The molecule has 13 heteroatoms. The van der Waals surface area contributed by atoms with E-state index in [1.807, 2.05) is 26.0 Å². The lowest BCUT2D eigenvalue weighted by Gasteiger charge is -2.51. The van der Waals surface area contributed by atoms with Crippen molar-refractivity contribution in [3.63, 3.8) is 0 Å². The predicted molar refractivity (Wildman–Crippen MR) is 190 cm³/mol. The average Bonchev–Trinajstić information content (AvgIpc) is 3.17. The zero-order chi connectivity index (χ0) is 36.4. The maximum atomic E-state index is 12.1. The molecule has 0 aliphatic heterocycles. The first-order valence-electron chi connectivity index (χ1n) is 18.6. The molecule has 13 nitrogen and oxygen atoms in total. The van der Waals surface area contributed by atoms with Crippen LogP contribution in [0.5, 0.6) is 0 Å². The first-order chi connectivity index (χ1) is 24.9. The molecule has 0 N–H and O–H groups in total. The first kappa shape index (κ1) is 40.7. The van der Waals surface area contributed by atoms with Crippen LogP contribution in [-0.2, 0) is 44.7 Å². The molecule has 2 aliphatic carbocycles. The number of benzene rings is 2. The Morgan fingerprint density at radius 1 is 0.569 bits per heavy atom. The topological polar surface area (TPSA) is 151 Å². The monoisotopic (exact) mass is 716 g/mol. The van der Waals surface area contributed by atoms with E-state index >= 15 is 0 Å². The fourth-order valence-corrected chi connectivity index (χ4v) is 7.31. The maximum Gasteiger partial charge on any atom is 0.269 e. The smallest absolute Gasteiger partial charge is 0.269 e. The molecule has 2 fully saturated rings. The van der Waals surface area contributed by atoms with Crippen LogP contribution in [0.3, 0.4) is 0 Å². The Labute approximate surface area is 301 Å². The summed E-state index contributed by atoms with van der Waals surface area (Å²) in [4.78, 5) is 23.5. The number of nitro groups is 2. The number of hydrogen-bond acceptors (Lipinski definition) is 11. The SMILES string of the molecule is CCOCCOCCOC(OC(OCCOCCOCC)(c1cccc([N+](=O)[O-])c1)C1CCCCC1)(c1cccc([N+](=O)[O-])c1)C1CCCCC1. The van der Waals surface area contributed by atoms with Crippen LogP contribution >= 0.6 is 0 Å². The quantitative estimate of drug-likeness (QED) is 0.0452. The van der Waals surface area contributed by atoms with Crippen molar-refractivity contribution in [2.24, 2.45) is 11.8 Å². The van der Waals surface area contributed by atoms with Crippen molar-refractivity contribution in [3.8, 4) is 0 Å². The molecule has 2 saturated carbocycles. The largest absolute Gasteiger partial charge is 0.379 e. The molecule has 0 amide bonds. The van der Waals surface area contributed by atoms with E-state index in [2.05, 4.69) is 0 Å². The number of ether oxygens (including phenoxy) is 7. The predicted octanol–water partition coefficient (Wildman–Crippen LogP) is 7.83. The molecule has 284 valence electrons. The Morgan fingerprint density at radius 3 is 1.31 bits per heavy atom. The van der Waals surface area contributed by atoms with Gasteiger partial charge in [-0.15, -0.1) is 0 Å². The second-order valence-corrected chi connectivity index (χ2v) is 13.0. The Bertz CT molecular complexity index is 1230. The molecular formula is C38H56N2O11. The Kier molecular flexibility index (Phi) is 17.2. The zero-order valence-electron chi connectivity index (χ0n) is 30.3. The van der Waals surface area contributed by atoms with E-state index in [4.69, 9.17) is 33.2 Å². The summed E-state index contributed by atoms with van der Waals surface area (Å²) in [5, 5.41) is 24.3. The van der Waals surface area contributed by atoms with Crippen molar-refractivity contribution in [3.05, 3.63) is 79.9 Å². The zero-order valence-corrected chi connectivity index (χ0v) is 30.3. The van der Waals surface area contributed by atoms with Gasteiger partial charge in [0.05, 0.1) is 62.7 Å². The van der Waals surface area contributed by atoms with E-state index in [9.17, 15) is 20.2 Å². The van der Waals surface area contributed by atoms with Crippen LogP contribution in [0.15, 0.2) is 48.5 Å². The number of rotatable bonds is 24. The van der Waals surface area contributed by atoms with Gasteiger partial charge in [-0.2, -0.15) is 0 Å². The molecule has 0 spiro atoms. The molecule has 2 atom stereocenters. The van der Waals surface area contributed by atoms with Gasteiger partial charge in [0, 0.05) is 60.4 Å². The standard InChI is InChI=1S/C38H56N2O11/c1-3-45-21-23-47-25-27-49-37(31-13-7-5-8-14-31,33-17-11-19-35(29-33)39(41)42)51-38(32-15-9-6-10-16-32,50-28-26-48-24-22-46-4-2)34-18-12-20-36(30-34)40(43)44/h11-12,17-20,29-32H,3-10,13-16,21-28H2,1-2H3. The third-order valence-electron chi connectivity index (χ3n) is 9.75. The van der Waals surface area contributed by atoms with E-state index in [0.29, 0.717) is 50.8 Å². The van der Waals surface area contributed by atoms with Gasteiger partial charge < -0.3 is 33.2 Å². The van der Waals surface area contributed by atoms with E-state index in [1.54, 1.807) is 12.1 Å². The Morgan fingerprint density at radius 2 is 0.941 bits per heavy atom. The number of nitrogens with zero attached hydrogens (tertiary/aromatic N) is 2.